The summed E-state index contributed by atoms with van der Waals surface area (Å²) < 4.78 is 5.62. The molecule has 0 fully saturated rings. The molecule has 1 heterocycles. The average molecular weight is 268 g/mol. The number of phenols is 1. The Morgan fingerprint density at radius 2 is 1.70 bits per heavy atom. The molecule has 0 aliphatic carbocycles. The van der Waals surface area contributed by atoms with E-state index in [1.807, 2.05) is 13.0 Å². The summed E-state index contributed by atoms with van der Waals surface area (Å²) >= 11 is 0. The van der Waals surface area contributed by atoms with Gasteiger partial charge < -0.3 is 14.6 Å². The molecule has 3 aromatic rings. The minimum absolute atomic E-state index is 0.103. The molecular formula is C16H12O4. The Labute approximate surface area is 114 Å². The van der Waals surface area contributed by atoms with E-state index in [-0.39, 0.29) is 11.5 Å². The fourth-order valence-electron chi connectivity index (χ4n) is 2.11. The van der Waals surface area contributed by atoms with Crippen molar-refractivity contribution < 1.29 is 14.6 Å². The molecule has 0 unspecified atom stereocenters. The van der Waals surface area contributed by atoms with Crippen molar-refractivity contribution in [2.45, 2.75) is 6.92 Å². The van der Waals surface area contributed by atoms with E-state index in [1.54, 1.807) is 24.3 Å². The molecule has 0 aliphatic rings. The molecule has 3 rings (SSSR count). The first-order valence-electron chi connectivity index (χ1n) is 6.12. The van der Waals surface area contributed by atoms with Gasteiger partial charge in [-0.2, -0.15) is 0 Å². The highest BCUT2D eigenvalue weighted by molar-refractivity contribution is 5.82. The third kappa shape index (κ3) is 1.91. The molecule has 0 radical (unpaired) electrons. The summed E-state index contributed by atoms with van der Waals surface area (Å²) in [6.45, 7) is 1.86. The van der Waals surface area contributed by atoms with Crippen LogP contribution in [-0.2, 0) is 0 Å². The fourth-order valence-corrected chi connectivity index (χ4v) is 2.11. The molecule has 0 saturated carbocycles. The van der Waals surface area contributed by atoms with Gasteiger partial charge in [0.25, 0.3) is 0 Å². The lowest BCUT2D eigenvalue weighted by Crippen LogP contribution is -2.02. The number of rotatable bonds is 1. The van der Waals surface area contributed by atoms with Gasteiger partial charge in [-0.3, -0.25) is 4.79 Å². The van der Waals surface area contributed by atoms with E-state index in [0.717, 1.165) is 5.56 Å². The fraction of sp³-hybridized carbons (Fsp3) is 0.0625. The van der Waals surface area contributed by atoms with Crippen LogP contribution in [0.5, 0.6) is 11.5 Å². The smallest absolute Gasteiger partial charge is 0.235 e. The minimum atomic E-state index is -0.460. The highest BCUT2D eigenvalue weighted by Crippen LogP contribution is 2.30. The van der Waals surface area contributed by atoms with Crippen molar-refractivity contribution in [3.63, 3.8) is 0 Å². The van der Waals surface area contributed by atoms with Gasteiger partial charge in [0.05, 0.1) is 5.39 Å². The molecule has 0 amide bonds. The molecule has 4 heteroatoms. The highest BCUT2D eigenvalue weighted by atomic mass is 16.4. The number of hydrogen-bond donors (Lipinski definition) is 2. The van der Waals surface area contributed by atoms with Gasteiger partial charge >= 0.3 is 0 Å². The molecule has 1 aromatic heterocycles. The lowest BCUT2D eigenvalue weighted by atomic mass is 10.1. The van der Waals surface area contributed by atoms with Gasteiger partial charge in [0.2, 0.25) is 11.2 Å². The van der Waals surface area contributed by atoms with Crippen molar-refractivity contribution in [2.24, 2.45) is 0 Å². The average Bonchev–Trinajstić information content (AvgIpc) is 2.44. The first-order chi connectivity index (χ1) is 9.56. The van der Waals surface area contributed by atoms with E-state index in [4.69, 9.17) is 4.42 Å². The molecule has 0 spiro atoms. The highest BCUT2D eigenvalue weighted by Gasteiger charge is 2.15. The van der Waals surface area contributed by atoms with Crippen molar-refractivity contribution in [1.29, 1.82) is 0 Å². The standard InChI is InChI=1S/C16H12O4/c1-9-2-7-13-12(8-9)14(18)15(19)16(20-13)10-3-5-11(17)6-4-10/h2-8,17,19H,1H3. The summed E-state index contributed by atoms with van der Waals surface area (Å²) in [5, 5.41) is 19.7. The van der Waals surface area contributed by atoms with Gasteiger partial charge in [0, 0.05) is 5.56 Å². The van der Waals surface area contributed by atoms with Gasteiger partial charge in [-0.15, -0.1) is 0 Å². The first-order valence-corrected chi connectivity index (χ1v) is 6.12. The molecule has 4 nitrogen and oxygen atoms in total. The van der Waals surface area contributed by atoms with Crippen LogP contribution in [0, 0.1) is 6.92 Å². The van der Waals surface area contributed by atoms with Crippen LogP contribution >= 0.6 is 0 Å². The number of aryl methyl sites for hydroxylation is 1. The summed E-state index contributed by atoms with van der Waals surface area (Å²) in [5.74, 6) is -0.216. The number of aromatic hydroxyl groups is 2. The van der Waals surface area contributed by atoms with Gasteiger partial charge in [-0.25, -0.2) is 0 Å². The van der Waals surface area contributed by atoms with Gasteiger partial charge in [0.15, 0.2) is 5.76 Å². The second kappa shape index (κ2) is 4.42. The van der Waals surface area contributed by atoms with E-state index >= 15 is 0 Å². The topological polar surface area (TPSA) is 70.7 Å². The van der Waals surface area contributed by atoms with E-state index in [1.165, 1.54) is 12.1 Å². The summed E-state index contributed by atoms with van der Waals surface area (Å²) in [7, 11) is 0. The minimum Gasteiger partial charge on any atom is -0.508 e. The Bertz CT molecular complexity index is 845. The van der Waals surface area contributed by atoms with Crippen molar-refractivity contribution in [1.82, 2.24) is 0 Å². The van der Waals surface area contributed by atoms with Crippen LogP contribution in [0.15, 0.2) is 51.7 Å². The maximum atomic E-state index is 12.2. The third-order valence-electron chi connectivity index (χ3n) is 3.15. The predicted octanol–water partition coefficient (Wildman–Crippen LogP) is 3.18. The molecule has 2 aromatic carbocycles. The maximum Gasteiger partial charge on any atom is 0.235 e. The maximum absolute atomic E-state index is 12.2. The second-order valence-corrected chi connectivity index (χ2v) is 4.66. The Kier molecular flexibility index (Phi) is 2.71. The summed E-state index contributed by atoms with van der Waals surface area (Å²) in [5.41, 5.74) is 1.40. The predicted molar refractivity (Wildman–Crippen MR) is 76.0 cm³/mol. The van der Waals surface area contributed by atoms with Gasteiger partial charge in [0.1, 0.15) is 11.3 Å². The first kappa shape index (κ1) is 12.3. The van der Waals surface area contributed by atoms with Crippen molar-refractivity contribution >= 4 is 11.0 Å². The normalized spacial score (nSPS) is 10.8. The van der Waals surface area contributed by atoms with Crippen molar-refractivity contribution in [2.75, 3.05) is 0 Å². The van der Waals surface area contributed by atoms with Gasteiger partial charge in [-0.1, -0.05) is 11.6 Å². The number of fused-ring (bicyclic) bond motifs is 1. The van der Waals surface area contributed by atoms with E-state index < -0.39 is 11.2 Å². The zero-order valence-electron chi connectivity index (χ0n) is 10.8. The SMILES string of the molecule is Cc1ccc2oc(-c3ccc(O)cc3)c(O)c(=O)c2c1. The molecule has 20 heavy (non-hydrogen) atoms. The van der Waals surface area contributed by atoms with E-state index in [0.29, 0.717) is 16.5 Å². The Morgan fingerprint density at radius 1 is 1.00 bits per heavy atom. The molecule has 0 atom stereocenters. The Morgan fingerprint density at radius 3 is 2.40 bits per heavy atom. The molecular weight excluding hydrogens is 256 g/mol. The van der Waals surface area contributed by atoms with Crippen LogP contribution in [0.3, 0.4) is 0 Å². The summed E-state index contributed by atoms with van der Waals surface area (Å²) in [6.07, 6.45) is 0. The molecule has 0 aliphatic heterocycles. The van der Waals surface area contributed by atoms with Crippen LogP contribution in [0.4, 0.5) is 0 Å². The van der Waals surface area contributed by atoms with Crippen molar-refractivity contribution in [3.8, 4) is 22.8 Å². The number of hydrogen-bond acceptors (Lipinski definition) is 4. The quantitative estimate of drug-likeness (QED) is 0.711. The molecule has 2 N–H and O–H groups in total. The zero-order chi connectivity index (χ0) is 14.3. The Hall–Kier alpha value is -2.75. The van der Waals surface area contributed by atoms with Crippen LogP contribution in [0.2, 0.25) is 0 Å². The van der Waals surface area contributed by atoms with E-state index in [2.05, 4.69) is 0 Å². The number of phenolic OH excluding ortho intramolecular Hbond substituents is 1. The third-order valence-corrected chi connectivity index (χ3v) is 3.15. The van der Waals surface area contributed by atoms with Crippen molar-refractivity contribution in [3.05, 3.63) is 58.3 Å². The molecule has 100 valence electrons. The van der Waals surface area contributed by atoms with Crippen LogP contribution in [0.1, 0.15) is 5.56 Å². The van der Waals surface area contributed by atoms with E-state index in [9.17, 15) is 15.0 Å². The molecule has 0 bridgehead atoms. The number of benzene rings is 2. The largest absolute Gasteiger partial charge is 0.508 e. The lowest BCUT2D eigenvalue weighted by Gasteiger charge is -2.06. The Balaban J connectivity index is 2.32. The summed E-state index contributed by atoms with van der Waals surface area (Å²) in [6, 6.07) is 11.3. The van der Waals surface area contributed by atoms with Gasteiger partial charge in [-0.05, 0) is 43.3 Å². The zero-order valence-corrected chi connectivity index (χ0v) is 10.8. The second-order valence-electron chi connectivity index (χ2n) is 4.66. The molecule has 0 saturated heterocycles. The van der Waals surface area contributed by atoms with Crippen LogP contribution in [-0.4, -0.2) is 10.2 Å². The lowest BCUT2D eigenvalue weighted by molar-refractivity contribution is 0.449. The summed E-state index contributed by atoms with van der Waals surface area (Å²) in [4.78, 5) is 12.2. The van der Waals surface area contributed by atoms with Crippen LogP contribution < -0.4 is 5.43 Å². The van der Waals surface area contributed by atoms with Crippen LogP contribution in [0.25, 0.3) is 22.3 Å². The monoisotopic (exact) mass is 268 g/mol.